The Bertz CT molecular complexity index is 158. The van der Waals surface area contributed by atoms with E-state index in [0.29, 0.717) is 0 Å². The molecule has 0 saturated carbocycles. The molecule has 0 amide bonds. The van der Waals surface area contributed by atoms with E-state index in [1.54, 1.807) is 3.37 Å². The molecule has 0 aromatic carbocycles. The molecule has 0 unspecified atom stereocenters. The van der Waals surface area contributed by atoms with E-state index in [1.165, 1.54) is 57.8 Å². The van der Waals surface area contributed by atoms with Crippen molar-refractivity contribution < 1.29 is 0 Å². The Morgan fingerprint density at radius 2 is 1.31 bits per heavy atom. The van der Waals surface area contributed by atoms with E-state index in [4.69, 9.17) is 0 Å². The van der Waals surface area contributed by atoms with Crippen molar-refractivity contribution in [2.45, 2.75) is 76.4 Å². The molecule has 0 rings (SSSR count). The van der Waals surface area contributed by atoms with Crippen LogP contribution in [0.25, 0.3) is 0 Å². The molecule has 2 heteroatoms. The van der Waals surface area contributed by atoms with Crippen LogP contribution in [0.1, 0.15) is 64.7 Å². The molecule has 96 valence electrons. The topological polar surface area (TPSA) is 0 Å². The second-order valence-electron chi connectivity index (χ2n) is 4.19. The zero-order valence-electron chi connectivity index (χ0n) is 11.3. The second-order valence-corrected chi connectivity index (χ2v) is 9.06. The summed E-state index contributed by atoms with van der Waals surface area (Å²) in [5, 5.41) is 0. The minimum atomic E-state index is 0.773. The molecular formula is C14H28Se2. The van der Waals surface area contributed by atoms with Gasteiger partial charge in [0.05, 0.1) is 0 Å². The molecule has 0 spiro atoms. The van der Waals surface area contributed by atoms with E-state index in [1.807, 2.05) is 0 Å². The van der Waals surface area contributed by atoms with Gasteiger partial charge in [-0.3, -0.25) is 0 Å². The second kappa shape index (κ2) is 13.8. The SMILES string of the molecule is CCCCCCCCCCC=C([Se]C)[Se]C. The van der Waals surface area contributed by atoms with Gasteiger partial charge in [0, 0.05) is 0 Å². The maximum atomic E-state index is 2.52. The van der Waals surface area contributed by atoms with E-state index in [9.17, 15) is 0 Å². The summed E-state index contributed by atoms with van der Waals surface area (Å²) in [6.45, 7) is 2.29. The van der Waals surface area contributed by atoms with Crippen molar-refractivity contribution in [1.29, 1.82) is 0 Å². The van der Waals surface area contributed by atoms with Crippen molar-refractivity contribution in [1.82, 2.24) is 0 Å². The summed E-state index contributed by atoms with van der Waals surface area (Å²) in [5.74, 6) is 4.69. The van der Waals surface area contributed by atoms with Gasteiger partial charge in [0.15, 0.2) is 0 Å². The normalized spacial score (nSPS) is 10.4. The number of hydrogen-bond acceptors (Lipinski definition) is 0. The Balaban J connectivity index is 3.17. The summed E-state index contributed by atoms with van der Waals surface area (Å²) in [4.78, 5) is 0. The quantitative estimate of drug-likeness (QED) is 0.367. The Labute approximate surface area is 115 Å². The molecule has 0 aliphatic carbocycles. The van der Waals surface area contributed by atoms with Crippen molar-refractivity contribution in [2.75, 3.05) is 0 Å². The third kappa shape index (κ3) is 11.3. The van der Waals surface area contributed by atoms with Gasteiger partial charge in [-0.1, -0.05) is 0 Å². The summed E-state index contributed by atoms with van der Waals surface area (Å²) < 4.78 is 1.77. The number of allylic oxidation sites excluding steroid dienone is 1. The predicted octanol–water partition coefficient (Wildman–Crippen LogP) is 4.86. The van der Waals surface area contributed by atoms with E-state index in [-0.39, 0.29) is 0 Å². The monoisotopic (exact) mass is 356 g/mol. The molecule has 0 radical (unpaired) electrons. The maximum absolute atomic E-state index is 2.52. The van der Waals surface area contributed by atoms with Crippen LogP contribution in [-0.4, -0.2) is 29.9 Å². The first-order valence-corrected chi connectivity index (χ1v) is 11.8. The fourth-order valence-corrected chi connectivity index (χ4v) is 5.11. The predicted molar refractivity (Wildman–Crippen MR) is 78.5 cm³/mol. The molecule has 0 aromatic heterocycles. The summed E-state index contributed by atoms with van der Waals surface area (Å²) in [6, 6.07) is 0. The Hall–Kier alpha value is 0.779. The van der Waals surface area contributed by atoms with Gasteiger partial charge >= 0.3 is 116 Å². The number of unbranched alkanes of at least 4 members (excludes halogenated alkanes) is 8. The number of hydrogen-bond donors (Lipinski definition) is 0. The van der Waals surface area contributed by atoms with Gasteiger partial charge in [-0.15, -0.1) is 0 Å². The molecule has 0 nitrogen and oxygen atoms in total. The third-order valence-corrected chi connectivity index (χ3v) is 8.79. The summed E-state index contributed by atoms with van der Waals surface area (Å²) in [5.41, 5.74) is 0. The van der Waals surface area contributed by atoms with Crippen LogP contribution in [0.3, 0.4) is 0 Å². The van der Waals surface area contributed by atoms with Crippen molar-refractivity contribution in [3.63, 3.8) is 0 Å². The standard InChI is InChI=1S/C14H28Se2/c1-4-5-6-7-8-9-10-11-12-13-14(15-2)16-3/h13H,4-12H2,1-3H3. The van der Waals surface area contributed by atoms with Crippen LogP contribution in [0.2, 0.25) is 11.6 Å². The fraction of sp³-hybridized carbons (Fsp3) is 0.857. The third-order valence-electron chi connectivity index (χ3n) is 2.77. The Morgan fingerprint density at radius 1 is 0.812 bits per heavy atom. The van der Waals surface area contributed by atoms with Crippen LogP contribution in [0, 0.1) is 0 Å². The van der Waals surface area contributed by atoms with Crippen molar-refractivity contribution in [3.05, 3.63) is 9.45 Å². The van der Waals surface area contributed by atoms with Crippen LogP contribution in [-0.2, 0) is 0 Å². The summed E-state index contributed by atoms with van der Waals surface area (Å²) in [6.07, 6.45) is 15.4. The van der Waals surface area contributed by atoms with E-state index >= 15 is 0 Å². The first kappa shape index (κ1) is 16.8. The van der Waals surface area contributed by atoms with Crippen LogP contribution in [0.15, 0.2) is 9.45 Å². The molecular weight excluding hydrogens is 326 g/mol. The Morgan fingerprint density at radius 3 is 1.81 bits per heavy atom. The minimum absolute atomic E-state index is 0.773. The molecule has 0 bridgehead atoms. The van der Waals surface area contributed by atoms with Crippen LogP contribution in [0.4, 0.5) is 0 Å². The molecule has 0 fully saturated rings. The summed E-state index contributed by atoms with van der Waals surface area (Å²) in [7, 11) is 0. The number of rotatable bonds is 11. The van der Waals surface area contributed by atoms with Crippen LogP contribution >= 0.6 is 0 Å². The molecule has 0 aliphatic rings. The molecule has 0 atom stereocenters. The van der Waals surface area contributed by atoms with Crippen molar-refractivity contribution in [2.24, 2.45) is 0 Å². The molecule has 0 saturated heterocycles. The molecule has 0 N–H and O–H groups in total. The van der Waals surface area contributed by atoms with E-state index in [0.717, 1.165) is 29.9 Å². The van der Waals surface area contributed by atoms with Gasteiger partial charge < -0.3 is 0 Å². The van der Waals surface area contributed by atoms with Gasteiger partial charge in [-0.25, -0.2) is 0 Å². The average Bonchev–Trinajstić information content (AvgIpc) is 2.32. The van der Waals surface area contributed by atoms with Crippen molar-refractivity contribution in [3.8, 4) is 0 Å². The summed E-state index contributed by atoms with van der Waals surface area (Å²) >= 11 is 1.55. The molecule has 0 aliphatic heterocycles. The van der Waals surface area contributed by atoms with Gasteiger partial charge in [-0.05, 0) is 0 Å². The molecule has 0 heterocycles. The zero-order chi connectivity index (χ0) is 12.1. The first-order chi connectivity index (χ1) is 7.85. The average molecular weight is 354 g/mol. The fourth-order valence-electron chi connectivity index (χ4n) is 1.75. The van der Waals surface area contributed by atoms with E-state index in [2.05, 4.69) is 24.6 Å². The Kier molecular flexibility index (Phi) is 14.5. The van der Waals surface area contributed by atoms with Gasteiger partial charge in [-0.2, -0.15) is 0 Å². The van der Waals surface area contributed by atoms with Crippen LogP contribution < -0.4 is 0 Å². The van der Waals surface area contributed by atoms with Crippen molar-refractivity contribution >= 4 is 29.9 Å². The first-order valence-electron chi connectivity index (χ1n) is 6.63. The van der Waals surface area contributed by atoms with E-state index < -0.39 is 0 Å². The molecule has 0 aromatic rings. The van der Waals surface area contributed by atoms with Gasteiger partial charge in [0.2, 0.25) is 0 Å². The van der Waals surface area contributed by atoms with Crippen LogP contribution in [0.5, 0.6) is 0 Å². The van der Waals surface area contributed by atoms with Gasteiger partial charge in [0.1, 0.15) is 0 Å². The zero-order valence-corrected chi connectivity index (χ0v) is 14.7. The van der Waals surface area contributed by atoms with Gasteiger partial charge in [0.25, 0.3) is 0 Å². The molecule has 16 heavy (non-hydrogen) atoms.